The Morgan fingerprint density at radius 3 is 2.73 bits per heavy atom. The van der Waals surface area contributed by atoms with Crippen LogP contribution >= 0.6 is 11.6 Å². The molecule has 1 saturated carbocycles. The standard InChI is InChI=1S/C38H51ClN4O8S/c1-41-17-6-5-9-33(50-4)30-13-10-27(30)23-43-24-37(16-7-8-26-20-29(39)12-14-31(26)37)25-51-34-15-11-28(21-32(34)43)38(46,22-35(41)44)36(45)40-52(47,48)42(2)18-19-49-3/h5,9,11-12,14-15,20-21,27,30,33,46H,6-8,10,13,16-19,22-25H2,1-4H3,(H,40,45)/t27-,30+,33-,37-,38+/m0/s1. The predicted molar refractivity (Wildman–Crippen MR) is 199 cm³/mol. The number of aliphatic hydroxyl groups is 1. The minimum Gasteiger partial charge on any atom is -0.490 e. The fraction of sp³-hybridized carbons (Fsp3) is 0.579. The number of hydrogen-bond donors (Lipinski definition) is 2. The van der Waals surface area contributed by atoms with Gasteiger partial charge in [-0.2, -0.15) is 12.7 Å². The smallest absolute Gasteiger partial charge is 0.303 e. The van der Waals surface area contributed by atoms with Gasteiger partial charge in [-0.25, -0.2) is 4.72 Å². The highest BCUT2D eigenvalue weighted by atomic mass is 35.5. The molecule has 0 radical (unpaired) electrons. The fourth-order valence-corrected chi connectivity index (χ4v) is 9.28. The van der Waals surface area contributed by atoms with Gasteiger partial charge in [0.15, 0.2) is 5.60 Å². The highest BCUT2D eigenvalue weighted by Crippen LogP contribution is 2.47. The third-order valence-electron chi connectivity index (χ3n) is 11.5. The van der Waals surface area contributed by atoms with Crippen LogP contribution < -0.4 is 14.4 Å². The van der Waals surface area contributed by atoms with Crippen molar-refractivity contribution in [2.45, 2.75) is 62.1 Å². The van der Waals surface area contributed by atoms with E-state index in [1.807, 2.05) is 22.9 Å². The zero-order valence-electron chi connectivity index (χ0n) is 30.5. The van der Waals surface area contributed by atoms with Crippen molar-refractivity contribution in [2.24, 2.45) is 11.8 Å². The number of nitrogens with one attached hydrogen (secondary N) is 1. The number of carbonyl (C=O) groups excluding carboxylic acids is 2. The molecule has 52 heavy (non-hydrogen) atoms. The van der Waals surface area contributed by atoms with Crippen molar-refractivity contribution in [2.75, 3.05) is 72.6 Å². The summed E-state index contributed by atoms with van der Waals surface area (Å²) in [7, 11) is 1.69. The molecule has 5 atom stereocenters. The predicted octanol–water partition coefficient (Wildman–Crippen LogP) is 3.79. The molecule has 2 N–H and O–H groups in total. The number of hydrogen-bond acceptors (Lipinski definition) is 9. The van der Waals surface area contributed by atoms with Crippen molar-refractivity contribution >= 4 is 39.3 Å². The van der Waals surface area contributed by atoms with E-state index >= 15 is 0 Å². The molecule has 2 aliphatic heterocycles. The average molecular weight is 759 g/mol. The average Bonchev–Trinajstić information content (AvgIpc) is 3.25. The van der Waals surface area contributed by atoms with Crippen molar-refractivity contribution in [1.82, 2.24) is 13.9 Å². The zero-order chi connectivity index (χ0) is 37.3. The molecule has 2 aromatic carbocycles. The molecule has 12 nitrogen and oxygen atoms in total. The Morgan fingerprint density at radius 2 is 2.00 bits per heavy atom. The number of rotatable bonds is 7. The number of fused-ring (bicyclic) bond motifs is 4. The molecule has 284 valence electrons. The second-order valence-electron chi connectivity index (χ2n) is 14.8. The second kappa shape index (κ2) is 15.6. The molecule has 14 heteroatoms. The number of likely N-dealkylation sites (N-methyl/N-ethyl adjacent to an activating group) is 1. The van der Waals surface area contributed by atoms with Gasteiger partial charge in [-0.1, -0.05) is 35.9 Å². The molecule has 0 unspecified atom stereocenters. The normalized spacial score (nSPS) is 28.1. The van der Waals surface area contributed by atoms with Crippen LogP contribution in [-0.2, 0) is 46.7 Å². The van der Waals surface area contributed by atoms with Gasteiger partial charge in [0.1, 0.15) is 5.75 Å². The first-order chi connectivity index (χ1) is 24.8. The van der Waals surface area contributed by atoms with E-state index in [1.165, 1.54) is 30.2 Å². The molecule has 2 aliphatic carbocycles. The molecule has 2 heterocycles. The lowest BCUT2D eigenvalue weighted by Gasteiger charge is -2.46. The summed E-state index contributed by atoms with van der Waals surface area (Å²) in [6, 6.07) is 11.1. The number of carbonyl (C=O) groups is 2. The second-order valence-corrected chi connectivity index (χ2v) is 17.0. The first-order valence-electron chi connectivity index (χ1n) is 18.0. The van der Waals surface area contributed by atoms with Gasteiger partial charge >= 0.3 is 10.2 Å². The van der Waals surface area contributed by atoms with Gasteiger partial charge in [-0.3, -0.25) is 9.59 Å². The largest absolute Gasteiger partial charge is 0.490 e. The summed E-state index contributed by atoms with van der Waals surface area (Å²) >= 11 is 6.45. The summed E-state index contributed by atoms with van der Waals surface area (Å²) in [5.74, 6) is -0.593. The Bertz CT molecular complexity index is 1790. The van der Waals surface area contributed by atoms with Crippen LogP contribution in [0.5, 0.6) is 5.75 Å². The Morgan fingerprint density at radius 1 is 1.19 bits per heavy atom. The maximum atomic E-state index is 14.1. The number of ether oxygens (including phenoxy) is 3. The summed E-state index contributed by atoms with van der Waals surface area (Å²) in [6.07, 6.45) is 8.70. The molecule has 4 aliphatic rings. The van der Waals surface area contributed by atoms with E-state index in [1.54, 1.807) is 32.4 Å². The lowest BCUT2D eigenvalue weighted by Crippen LogP contribution is -2.52. The van der Waals surface area contributed by atoms with Crippen LogP contribution in [0.2, 0.25) is 5.02 Å². The lowest BCUT2D eigenvalue weighted by atomic mass is 9.68. The van der Waals surface area contributed by atoms with Crippen LogP contribution in [0, 0.1) is 11.8 Å². The van der Waals surface area contributed by atoms with Crippen molar-refractivity contribution in [3.63, 3.8) is 0 Å². The third kappa shape index (κ3) is 7.72. The summed E-state index contributed by atoms with van der Waals surface area (Å²) in [5, 5.41) is 13.1. The summed E-state index contributed by atoms with van der Waals surface area (Å²) in [5.41, 5.74) is 0.285. The van der Waals surface area contributed by atoms with E-state index in [0.29, 0.717) is 55.0 Å². The number of aryl methyl sites for hydroxylation is 1. The third-order valence-corrected chi connectivity index (χ3v) is 13.2. The van der Waals surface area contributed by atoms with Crippen LogP contribution in [0.1, 0.15) is 55.2 Å². The molecule has 6 rings (SSSR count). The minimum atomic E-state index is -4.39. The quantitative estimate of drug-likeness (QED) is 0.405. The van der Waals surface area contributed by atoms with Crippen LogP contribution in [0.15, 0.2) is 48.6 Å². The van der Waals surface area contributed by atoms with Crippen LogP contribution in [-0.4, -0.2) is 108 Å². The molecule has 2 amide bonds. The van der Waals surface area contributed by atoms with Gasteiger partial charge < -0.3 is 29.1 Å². The molecular weight excluding hydrogens is 708 g/mol. The molecular formula is C38H51ClN4O8S. The van der Waals surface area contributed by atoms with Crippen molar-refractivity contribution in [3.8, 4) is 5.75 Å². The fourth-order valence-electron chi connectivity index (χ4n) is 8.21. The van der Waals surface area contributed by atoms with Gasteiger partial charge in [0.2, 0.25) is 5.91 Å². The van der Waals surface area contributed by atoms with E-state index in [4.69, 9.17) is 25.8 Å². The molecule has 2 bridgehead atoms. The van der Waals surface area contributed by atoms with Gasteiger partial charge in [0, 0.05) is 64.9 Å². The summed E-state index contributed by atoms with van der Waals surface area (Å²) in [4.78, 5) is 31.5. The molecule has 0 aromatic heterocycles. The maximum absolute atomic E-state index is 14.1. The summed E-state index contributed by atoms with van der Waals surface area (Å²) < 4.78 is 47.1. The SMILES string of the molecule is COCCN(C)S(=O)(=O)NC(=O)[C@@]1(O)CC(=O)N(C)CCC=C[C@H](OC)[C@@H]2CC[C@H]2CN2C[C@@]3(CCCc4cc(Cl)ccc43)COc3ccc1cc32. The molecule has 2 aromatic rings. The summed E-state index contributed by atoms with van der Waals surface area (Å²) in [6.45, 7) is 2.10. The lowest BCUT2D eigenvalue weighted by molar-refractivity contribution is -0.148. The van der Waals surface area contributed by atoms with Crippen LogP contribution in [0.25, 0.3) is 0 Å². The molecule has 1 fully saturated rings. The van der Waals surface area contributed by atoms with E-state index in [0.717, 1.165) is 36.4 Å². The molecule has 0 saturated heterocycles. The Hall–Kier alpha value is -3.20. The van der Waals surface area contributed by atoms with Crippen LogP contribution in [0.3, 0.4) is 0 Å². The molecule has 1 spiro atoms. The monoisotopic (exact) mass is 758 g/mol. The number of nitrogens with zero attached hydrogens (tertiary/aromatic N) is 3. The Kier molecular flexibility index (Phi) is 11.6. The minimum absolute atomic E-state index is 0.0267. The number of anilines is 1. The Labute approximate surface area is 312 Å². The van der Waals surface area contributed by atoms with Crippen molar-refractivity contribution in [3.05, 3.63) is 70.3 Å². The topological polar surface area (TPSA) is 138 Å². The number of amides is 2. The van der Waals surface area contributed by atoms with Crippen molar-refractivity contribution in [1.29, 1.82) is 0 Å². The van der Waals surface area contributed by atoms with Gasteiger partial charge in [0.25, 0.3) is 5.91 Å². The van der Waals surface area contributed by atoms with Crippen LogP contribution in [0.4, 0.5) is 5.69 Å². The Balaban J connectivity index is 1.45. The van der Waals surface area contributed by atoms with E-state index in [-0.39, 0.29) is 36.2 Å². The number of benzene rings is 2. The maximum Gasteiger partial charge on any atom is 0.303 e. The van der Waals surface area contributed by atoms with Gasteiger partial charge in [0.05, 0.1) is 31.4 Å². The highest BCUT2D eigenvalue weighted by Gasteiger charge is 2.47. The van der Waals surface area contributed by atoms with E-state index in [9.17, 15) is 23.1 Å². The van der Waals surface area contributed by atoms with Gasteiger partial charge in [-0.05, 0) is 91.3 Å². The number of methoxy groups -OCH3 is 2. The number of halogens is 1. The first-order valence-corrected chi connectivity index (χ1v) is 19.9. The van der Waals surface area contributed by atoms with Gasteiger partial charge in [-0.15, -0.1) is 0 Å². The highest BCUT2D eigenvalue weighted by molar-refractivity contribution is 7.87. The van der Waals surface area contributed by atoms with E-state index < -0.39 is 34.0 Å². The zero-order valence-corrected chi connectivity index (χ0v) is 32.0. The van der Waals surface area contributed by atoms with Crippen molar-refractivity contribution < 1.29 is 37.3 Å². The first kappa shape index (κ1) is 38.5. The van der Waals surface area contributed by atoms with E-state index in [2.05, 4.69) is 17.0 Å².